The highest BCUT2D eigenvalue weighted by molar-refractivity contribution is 5.93. The third kappa shape index (κ3) is 4.50. The molecule has 7 heteroatoms. The predicted molar refractivity (Wildman–Crippen MR) is 129 cm³/mol. The summed E-state index contributed by atoms with van der Waals surface area (Å²) in [7, 11) is 1.67. The summed E-state index contributed by atoms with van der Waals surface area (Å²) < 4.78 is 5.52. The fourth-order valence-electron chi connectivity index (χ4n) is 4.40. The van der Waals surface area contributed by atoms with Crippen molar-refractivity contribution in [1.29, 1.82) is 0 Å². The number of hydrogen-bond acceptors (Lipinski definition) is 6. The van der Waals surface area contributed by atoms with Gasteiger partial charge in [-0.1, -0.05) is 24.3 Å². The van der Waals surface area contributed by atoms with Crippen LogP contribution in [0.2, 0.25) is 0 Å². The molecule has 0 aliphatic carbocycles. The lowest BCUT2D eigenvalue weighted by Crippen LogP contribution is -2.39. The second-order valence-electron chi connectivity index (χ2n) is 8.27. The molecular formula is C27H25N5O2. The minimum atomic E-state index is -0.0655. The van der Waals surface area contributed by atoms with Crippen molar-refractivity contribution in [2.45, 2.75) is 18.8 Å². The standard InChI is InChI=1S/C27H25N5O2/c1-34-26-13-3-2-8-21(26)24-11-4-9-22(30-24)19-7-6-14-32(17-19)27(33)25-12-5-10-23(31-25)20-15-28-18-29-16-20/h2-5,8-13,15-16,18-19H,6-7,14,17H2,1H3. The molecule has 1 saturated heterocycles. The Morgan fingerprint density at radius 1 is 0.941 bits per heavy atom. The van der Waals surface area contributed by atoms with Crippen molar-refractivity contribution in [1.82, 2.24) is 24.8 Å². The van der Waals surface area contributed by atoms with Crippen LogP contribution in [-0.4, -0.2) is 50.9 Å². The molecule has 34 heavy (non-hydrogen) atoms. The van der Waals surface area contributed by atoms with Crippen molar-refractivity contribution >= 4 is 5.91 Å². The zero-order valence-corrected chi connectivity index (χ0v) is 19.0. The molecule has 1 atom stereocenters. The molecule has 3 aromatic heterocycles. The van der Waals surface area contributed by atoms with E-state index in [4.69, 9.17) is 9.72 Å². The molecule has 4 heterocycles. The minimum Gasteiger partial charge on any atom is -0.496 e. The highest BCUT2D eigenvalue weighted by Gasteiger charge is 2.27. The molecule has 170 valence electrons. The van der Waals surface area contributed by atoms with Gasteiger partial charge in [0.2, 0.25) is 0 Å². The Bertz CT molecular complexity index is 1290. The highest BCUT2D eigenvalue weighted by atomic mass is 16.5. The summed E-state index contributed by atoms with van der Waals surface area (Å²) in [6, 6.07) is 19.4. The number of methoxy groups -OCH3 is 1. The van der Waals surface area contributed by atoms with Gasteiger partial charge in [-0.05, 0) is 49.2 Å². The smallest absolute Gasteiger partial charge is 0.272 e. The zero-order chi connectivity index (χ0) is 23.3. The maximum atomic E-state index is 13.3. The van der Waals surface area contributed by atoms with Crippen LogP contribution in [0.1, 0.15) is 34.9 Å². The Morgan fingerprint density at radius 3 is 2.59 bits per heavy atom. The van der Waals surface area contributed by atoms with Crippen LogP contribution in [0.3, 0.4) is 0 Å². The fraction of sp³-hybridized carbons (Fsp3) is 0.222. The first-order chi connectivity index (χ1) is 16.7. The van der Waals surface area contributed by atoms with Crippen LogP contribution in [0, 0.1) is 0 Å². The van der Waals surface area contributed by atoms with Crippen LogP contribution < -0.4 is 4.74 Å². The quantitative estimate of drug-likeness (QED) is 0.440. The highest BCUT2D eigenvalue weighted by Crippen LogP contribution is 2.31. The maximum absolute atomic E-state index is 13.3. The predicted octanol–water partition coefficient (Wildman–Crippen LogP) is 4.63. The molecule has 7 nitrogen and oxygen atoms in total. The number of nitrogens with zero attached hydrogens (tertiary/aromatic N) is 5. The number of pyridine rings is 2. The first-order valence-corrected chi connectivity index (χ1v) is 11.3. The lowest BCUT2D eigenvalue weighted by Gasteiger charge is -2.32. The number of carbonyl (C=O) groups excluding carboxylic acids is 1. The molecule has 1 aromatic carbocycles. The topological polar surface area (TPSA) is 81.1 Å². The molecule has 1 aliphatic rings. The van der Waals surface area contributed by atoms with Gasteiger partial charge in [0.25, 0.3) is 5.91 Å². The Kier molecular flexibility index (Phi) is 6.25. The van der Waals surface area contributed by atoms with Crippen molar-refractivity contribution in [3.8, 4) is 28.3 Å². The van der Waals surface area contributed by atoms with Gasteiger partial charge in [-0.15, -0.1) is 0 Å². The van der Waals surface area contributed by atoms with E-state index in [9.17, 15) is 4.79 Å². The molecule has 1 amide bonds. The van der Waals surface area contributed by atoms with Crippen LogP contribution >= 0.6 is 0 Å². The maximum Gasteiger partial charge on any atom is 0.272 e. The van der Waals surface area contributed by atoms with E-state index >= 15 is 0 Å². The van der Waals surface area contributed by atoms with Gasteiger partial charge in [-0.2, -0.15) is 0 Å². The molecule has 1 aliphatic heterocycles. The van der Waals surface area contributed by atoms with Gasteiger partial charge in [-0.3, -0.25) is 9.78 Å². The summed E-state index contributed by atoms with van der Waals surface area (Å²) in [5.41, 5.74) is 4.72. The van der Waals surface area contributed by atoms with Crippen LogP contribution in [0.25, 0.3) is 22.5 Å². The van der Waals surface area contributed by atoms with E-state index in [1.54, 1.807) is 25.6 Å². The SMILES string of the molecule is COc1ccccc1-c1cccc(C2CCCN(C(=O)c3cccc(-c4cncnc4)n3)C2)n1. The van der Waals surface area contributed by atoms with E-state index in [2.05, 4.69) is 15.0 Å². The normalized spacial score (nSPS) is 15.7. The molecule has 0 spiro atoms. The monoisotopic (exact) mass is 451 g/mol. The third-order valence-corrected chi connectivity index (χ3v) is 6.10. The van der Waals surface area contributed by atoms with E-state index < -0.39 is 0 Å². The van der Waals surface area contributed by atoms with Gasteiger partial charge in [0, 0.05) is 48.2 Å². The second kappa shape index (κ2) is 9.79. The Labute approximate surface area is 198 Å². The van der Waals surface area contributed by atoms with E-state index in [-0.39, 0.29) is 11.8 Å². The number of likely N-dealkylation sites (tertiary alicyclic amines) is 1. The summed E-state index contributed by atoms with van der Waals surface area (Å²) in [6.45, 7) is 1.32. The van der Waals surface area contributed by atoms with Crippen LogP contribution in [0.5, 0.6) is 5.75 Å². The number of amides is 1. The van der Waals surface area contributed by atoms with E-state index in [0.717, 1.165) is 41.1 Å². The average Bonchev–Trinajstić information content (AvgIpc) is 2.93. The lowest BCUT2D eigenvalue weighted by atomic mass is 9.93. The number of aromatic nitrogens is 4. The van der Waals surface area contributed by atoms with E-state index in [0.29, 0.717) is 24.5 Å². The Balaban J connectivity index is 1.36. The molecular weight excluding hydrogens is 426 g/mol. The van der Waals surface area contributed by atoms with Gasteiger partial charge in [0.05, 0.1) is 18.5 Å². The number of rotatable bonds is 5. The van der Waals surface area contributed by atoms with Gasteiger partial charge >= 0.3 is 0 Å². The minimum absolute atomic E-state index is 0.0655. The first kappa shape index (κ1) is 21.7. The summed E-state index contributed by atoms with van der Waals surface area (Å²) in [6.07, 6.45) is 6.77. The van der Waals surface area contributed by atoms with Gasteiger partial charge in [-0.25, -0.2) is 15.0 Å². The average molecular weight is 452 g/mol. The molecule has 1 fully saturated rings. The van der Waals surface area contributed by atoms with Crippen molar-refractivity contribution in [3.63, 3.8) is 0 Å². The Morgan fingerprint density at radius 2 is 1.74 bits per heavy atom. The lowest BCUT2D eigenvalue weighted by molar-refractivity contribution is 0.0700. The number of benzene rings is 1. The Hall–Kier alpha value is -4.13. The van der Waals surface area contributed by atoms with Gasteiger partial charge in [0.1, 0.15) is 17.8 Å². The van der Waals surface area contributed by atoms with Crippen molar-refractivity contribution in [3.05, 3.63) is 90.8 Å². The summed E-state index contributed by atoms with van der Waals surface area (Å²) in [5.74, 6) is 0.893. The van der Waals surface area contributed by atoms with Crippen LogP contribution in [-0.2, 0) is 0 Å². The zero-order valence-electron chi connectivity index (χ0n) is 19.0. The number of para-hydroxylation sites is 1. The van der Waals surface area contributed by atoms with Crippen molar-refractivity contribution in [2.24, 2.45) is 0 Å². The van der Waals surface area contributed by atoms with Crippen molar-refractivity contribution < 1.29 is 9.53 Å². The molecule has 4 aromatic rings. The second-order valence-corrected chi connectivity index (χ2v) is 8.27. The molecule has 0 radical (unpaired) electrons. The van der Waals surface area contributed by atoms with Gasteiger partial charge < -0.3 is 9.64 Å². The molecule has 1 unspecified atom stereocenters. The number of carbonyl (C=O) groups is 1. The molecule has 0 bridgehead atoms. The summed E-state index contributed by atoms with van der Waals surface area (Å²) >= 11 is 0. The van der Waals surface area contributed by atoms with Crippen LogP contribution in [0.4, 0.5) is 0 Å². The van der Waals surface area contributed by atoms with Crippen molar-refractivity contribution in [2.75, 3.05) is 20.2 Å². The summed E-state index contributed by atoms with van der Waals surface area (Å²) in [4.78, 5) is 32.8. The molecule has 0 saturated carbocycles. The molecule has 0 N–H and O–H groups in total. The first-order valence-electron chi connectivity index (χ1n) is 11.3. The number of hydrogen-bond donors (Lipinski definition) is 0. The summed E-state index contributed by atoms with van der Waals surface area (Å²) in [5, 5.41) is 0. The third-order valence-electron chi connectivity index (χ3n) is 6.10. The largest absolute Gasteiger partial charge is 0.496 e. The number of piperidine rings is 1. The van der Waals surface area contributed by atoms with E-state index in [1.165, 1.54) is 6.33 Å². The fourth-order valence-corrected chi connectivity index (χ4v) is 4.40. The molecule has 5 rings (SSSR count). The van der Waals surface area contributed by atoms with Gasteiger partial charge in [0.15, 0.2) is 0 Å². The van der Waals surface area contributed by atoms with Crippen LogP contribution in [0.15, 0.2) is 79.4 Å². The van der Waals surface area contributed by atoms with E-state index in [1.807, 2.05) is 59.5 Å². The number of ether oxygens (including phenoxy) is 1.